The number of nitrogens with one attached hydrogen (secondary N) is 2. The van der Waals surface area contributed by atoms with Gasteiger partial charge in [0.05, 0.1) is 23.9 Å². The van der Waals surface area contributed by atoms with E-state index in [1.807, 2.05) is 0 Å². The van der Waals surface area contributed by atoms with Crippen LogP contribution in [0.15, 0.2) is 29.5 Å². The van der Waals surface area contributed by atoms with Crippen molar-refractivity contribution in [3.8, 4) is 0 Å². The molecule has 8 heteroatoms. The van der Waals surface area contributed by atoms with Crippen molar-refractivity contribution in [3.63, 3.8) is 0 Å². The minimum atomic E-state index is -1.01. The van der Waals surface area contributed by atoms with Crippen molar-refractivity contribution in [3.05, 3.63) is 46.7 Å². The first kappa shape index (κ1) is 17.0. The standard InChI is InChI=1S/C18H20F2N4O2/c19-12-4-3-11(9-13(12)20)16-15-14(21-18(26)22-16)10-24(17(15)25)8-7-23-5-1-2-6-23/h3-4,9,16H,1-2,5-8,10H2,(H2,21,22,26). The molecule has 3 heterocycles. The average Bonchev–Trinajstić information content (AvgIpc) is 3.23. The number of nitrogens with zero attached hydrogens (tertiary/aromatic N) is 2. The second kappa shape index (κ2) is 6.68. The Balaban J connectivity index is 1.55. The van der Waals surface area contributed by atoms with Crippen molar-refractivity contribution >= 4 is 11.9 Å². The van der Waals surface area contributed by atoms with Gasteiger partial charge in [-0.05, 0) is 43.6 Å². The fourth-order valence-electron chi connectivity index (χ4n) is 3.82. The number of hydrogen-bond acceptors (Lipinski definition) is 3. The Bertz CT molecular complexity index is 789. The number of rotatable bonds is 4. The molecule has 4 rings (SSSR count). The molecule has 26 heavy (non-hydrogen) atoms. The van der Waals surface area contributed by atoms with Crippen molar-refractivity contribution in [1.82, 2.24) is 20.4 Å². The molecule has 0 saturated carbocycles. The predicted octanol–water partition coefficient (Wildman–Crippen LogP) is 1.51. The minimum Gasteiger partial charge on any atom is -0.332 e. The zero-order valence-corrected chi connectivity index (χ0v) is 14.2. The van der Waals surface area contributed by atoms with Gasteiger partial charge in [-0.25, -0.2) is 13.6 Å². The molecule has 0 aromatic heterocycles. The first-order chi connectivity index (χ1) is 12.5. The molecule has 2 N–H and O–H groups in total. The number of carbonyl (C=O) groups excluding carboxylic acids is 2. The van der Waals surface area contributed by atoms with Crippen LogP contribution in [0.1, 0.15) is 24.4 Å². The van der Waals surface area contributed by atoms with E-state index in [0.717, 1.165) is 31.8 Å². The van der Waals surface area contributed by atoms with Crippen molar-refractivity contribution < 1.29 is 18.4 Å². The Morgan fingerprint density at radius 2 is 1.85 bits per heavy atom. The lowest BCUT2D eigenvalue weighted by Crippen LogP contribution is -2.44. The second-order valence-electron chi connectivity index (χ2n) is 6.87. The molecule has 0 bridgehead atoms. The quantitative estimate of drug-likeness (QED) is 0.854. The maximum atomic E-state index is 13.6. The summed E-state index contributed by atoms with van der Waals surface area (Å²) in [5, 5.41) is 5.32. The van der Waals surface area contributed by atoms with Crippen LogP contribution in [0.4, 0.5) is 13.6 Å². The van der Waals surface area contributed by atoms with Gasteiger partial charge in [0.2, 0.25) is 0 Å². The Kier molecular flexibility index (Phi) is 4.36. The number of likely N-dealkylation sites (tertiary alicyclic amines) is 1. The van der Waals surface area contributed by atoms with Gasteiger partial charge in [0.25, 0.3) is 5.91 Å². The van der Waals surface area contributed by atoms with E-state index < -0.39 is 23.7 Å². The summed E-state index contributed by atoms with van der Waals surface area (Å²) >= 11 is 0. The van der Waals surface area contributed by atoms with Gasteiger partial charge in [0.1, 0.15) is 0 Å². The van der Waals surface area contributed by atoms with Gasteiger partial charge in [-0.3, -0.25) is 4.79 Å². The van der Waals surface area contributed by atoms with Crippen molar-refractivity contribution in [2.75, 3.05) is 32.7 Å². The molecule has 0 radical (unpaired) electrons. The van der Waals surface area contributed by atoms with Gasteiger partial charge in [-0.2, -0.15) is 0 Å². The molecule has 6 nitrogen and oxygen atoms in total. The molecule has 1 aromatic carbocycles. The Hall–Kier alpha value is -2.48. The molecular weight excluding hydrogens is 342 g/mol. The minimum absolute atomic E-state index is 0.179. The van der Waals surface area contributed by atoms with Crippen molar-refractivity contribution in [1.29, 1.82) is 0 Å². The molecule has 3 aliphatic heterocycles. The van der Waals surface area contributed by atoms with E-state index in [2.05, 4.69) is 15.5 Å². The topological polar surface area (TPSA) is 64.7 Å². The van der Waals surface area contributed by atoms with Crippen LogP contribution >= 0.6 is 0 Å². The first-order valence-corrected chi connectivity index (χ1v) is 8.80. The van der Waals surface area contributed by atoms with Gasteiger partial charge in [-0.15, -0.1) is 0 Å². The molecule has 1 saturated heterocycles. The third kappa shape index (κ3) is 3.05. The van der Waals surface area contributed by atoms with Crippen LogP contribution in [-0.2, 0) is 4.79 Å². The summed E-state index contributed by atoms with van der Waals surface area (Å²) in [6.07, 6.45) is 2.36. The largest absolute Gasteiger partial charge is 0.332 e. The molecule has 0 spiro atoms. The molecule has 138 valence electrons. The van der Waals surface area contributed by atoms with E-state index in [9.17, 15) is 18.4 Å². The van der Waals surface area contributed by atoms with Crippen LogP contribution in [0, 0.1) is 11.6 Å². The molecule has 0 aliphatic carbocycles. The Morgan fingerprint density at radius 3 is 2.58 bits per heavy atom. The van der Waals surface area contributed by atoms with E-state index in [1.165, 1.54) is 18.9 Å². The molecule has 3 aliphatic rings. The van der Waals surface area contributed by atoms with Gasteiger partial charge in [-0.1, -0.05) is 6.07 Å². The third-order valence-electron chi connectivity index (χ3n) is 5.18. The van der Waals surface area contributed by atoms with Gasteiger partial charge in [0, 0.05) is 13.1 Å². The lowest BCUT2D eigenvalue weighted by atomic mass is 9.96. The molecular formula is C18H20F2N4O2. The molecule has 1 unspecified atom stereocenters. The second-order valence-corrected chi connectivity index (χ2v) is 6.87. The van der Waals surface area contributed by atoms with E-state index in [-0.39, 0.29) is 5.91 Å². The number of halogens is 2. The number of hydrogen-bond donors (Lipinski definition) is 2. The number of carbonyl (C=O) groups is 2. The fraction of sp³-hybridized carbons (Fsp3) is 0.444. The number of urea groups is 1. The normalized spacial score (nSPS) is 23.3. The van der Waals surface area contributed by atoms with E-state index >= 15 is 0 Å². The Labute approximate surface area is 149 Å². The zero-order chi connectivity index (χ0) is 18.3. The highest BCUT2D eigenvalue weighted by molar-refractivity contribution is 6.01. The van der Waals surface area contributed by atoms with Crippen LogP contribution in [0.3, 0.4) is 0 Å². The lowest BCUT2D eigenvalue weighted by Gasteiger charge is -2.25. The Morgan fingerprint density at radius 1 is 1.08 bits per heavy atom. The van der Waals surface area contributed by atoms with Crippen LogP contribution in [0.2, 0.25) is 0 Å². The highest BCUT2D eigenvalue weighted by Crippen LogP contribution is 2.33. The lowest BCUT2D eigenvalue weighted by molar-refractivity contribution is -0.126. The maximum absolute atomic E-state index is 13.6. The summed E-state index contributed by atoms with van der Waals surface area (Å²) in [4.78, 5) is 28.8. The van der Waals surface area contributed by atoms with E-state index in [4.69, 9.17) is 0 Å². The van der Waals surface area contributed by atoms with E-state index in [1.54, 1.807) is 4.90 Å². The molecule has 1 fully saturated rings. The SMILES string of the molecule is O=C1NC2=C(C(=O)N(CCN3CCCC3)C2)C(c2ccc(F)c(F)c2)N1. The maximum Gasteiger partial charge on any atom is 0.319 e. The summed E-state index contributed by atoms with van der Waals surface area (Å²) < 4.78 is 26.9. The number of benzene rings is 1. The molecule has 3 amide bonds. The monoisotopic (exact) mass is 362 g/mol. The fourth-order valence-corrected chi connectivity index (χ4v) is 3.82. The molecule has 1 aromatic rings. The summed E-state index contributed by atoms with van der Waals surface area (Å²) in [5.74, 6) is -2.15. The van der Waals surface area contributed by atoms with Crippen LogP contribution in [-0.4, -0.2) is 54.5 Å². The molecule has 1 atom stereocenters. The first-order valence-electron chi connectivity index (χ1n) is 8.80. The smallest absolute Gasteiger partial charge is 0.319 e. The van der Waals surface area contributed by atoms with Crippen LogP contribution < -0.4 is 10.6 Å². The highest BCUT2D eigenvalue weighted by atomic mass is 19.2. The van der Waals surface area contributed by atoms with Crippen LogP contribution in [0.5, 0.6) is 0 Å². The van der Waals surface area contributed by atoms with Gasteiger partial charge >= 0.3 is 6.03 Å². The summed E-state index contributed by atoms with van der Waals surface area (Å²) in [6, 6.07) is 2.19. The summed E-state index contributed by atoms with van der Waals surface area (Å²) in [7, 11) is 0. The van der Waals surface area contributed by atoms with Gasteiger partial charge in [0.15, 0.2) is 11.6 Å². The van der Waals surface area contributed by atoms with Crippen LogP contribution in [0.25, 0.3) is 0 Å². The summed E-state index contributed by atoms with van der Waals surface area (Å²) in [6.45, 7) is 3.79. The summed E-state index contributed by atoms with van der Waals surface area (Å²) in [5.41, 5.74) is 1.29. The van der Waals surface area contributed by atoms with Crippen molar-refractivity contribution in [2.24, 2.45) is 0 Å². The van der Waals surface area contributed by atoms with E-state index in [0.29, 0.717) is 29.9 Å². The highest BCUT2D eigenvalue weighted by Gasteiger charge is 2.40. The zero-order valence-electron chi connectivity index (χ0n) is 14.2. The van der Waals surface area contributed by atoms with Gasteiger partial charge < -0.3 is 20.4 Å². The predicted molar refractivity (Wildman–Crippen MR) is 90.0 cm³/mol. The third-order valence-corrected chi connectivity index (χ3v) is 5.18. The number of amides is 3. The van der Waals surface area contributed by atoms with Crippen molar-refractivity contribution in [2.45, 2.75) is 18.9 Å². The average molecular weight is 362 g/mol.